The summed E-state index contributed by atoms with van der Waals surface area (Å²) in [4.78, 5) is 20.8. The van der Waals surface area contributed by atoms with Gasteiger partial charge in [0.1, 0.15) is 5.82 Å². The van der Waals surface area contributed by atoms with Gasteiger partial charge in [-0.15, -0.1) is 0 Å². The predicted octanol–water partition coefficient (Wildman–Crippen LogP) is 2.13. The Morgan fingerprint density at radius 2 is 2.05 bits per heavy atom. The lowest BCUT2D eigenvalue weighted by atomic mass is 10.3. The second-order valence-corrected chi connectivity index (χ2v) is 4.83. The molecule has 0 spiro atoms. The maximum absolute atomic E-state index is 11.9. The molecule has 5 nitrogen and oxygen atoms in total. The molecule has 20 heavy (non-hydrogen) atoms. The Kier molecular flexibility index (Phi) is 4.50. The van der Waals surface area contributed by atoms with Crippen LogP contribution in [0.5, 0.6) is 0 Å². The molecule has 0 bridgehead atoms. The van der Waals surface area contributed by atoms with Gasteiger partial charge in [0.15, 0.2) is 5.82 Å². The normalized spacial score (nSPS) is 10.6. The predicted molar refractivity (Wildman–Crippen MR) is 80.1 cm³/mol. The second kappa shape index (κ2) is 6.32. The van der Waals surface area contributed by atoms with Crippen molar-refractivity contribution in [1.82, 2.24) is 14.5 Å². The van der Waals surface area contributed by atoms with E-state index in [1.165, 1.54) is 0 Å². The molecule has 0 aromatic carbocycles. The zero-order chi connectivity index (χ0) is 14.5. The van der Waals surface area contributed by atoms with Crippen LogP contribution < -0.4 is 10.9 Å². The molecule has 0 aliphatic carbocycles. The molecule has 0 atom stereocenters. The minimum absolute atomic E-state index is 0.0295. The third-order valence-electron chi connectivity index (χ3n) is 3.02. The van der Waals surface area contributed by atoms with E-state index in [0.29, 0.717) is 12.4 Å². The highest BCUT2D eigenvalue weighted by Crippen LogP contribution is 2.08. The Hall–Kier alpha value is -2.17. The van der Waals surface area contributed by atoms with Crippen molar-refractivity contribution in [2.75, 3.05) is 11.9 Å². The van der Waals surface area contributed by atoms with Crippen molar-refractivity contribution >= 4 is 5.82 Å². The molecule has 106 valence electrons. The van der Waals surface area contributed by atoms with Gasteiger partial charge >= 0.3 is 0 Å². The quantitative estimate of drug-likeness (QED) is 0.905. The number of aryl methyl sites for hydroxylation is 2. The summed E-state index contributed by atoms with van der Waals surface area (Å²) in [6, 6.07) is 7.14. The smallest absolute Gasteiger partial charge is 0.251 e. The van der Waals surface area contributed by atoms with Gasteiger partial charge in [-0.3, -0.25) is 4.79 Å². The molecule has 2 heterocycles. The maximum atomic E-state index is 11.9. The largest absolute Gasteiger partial charge is 0.370 e. The number of aromatic nitrogens is 3. The number of pyridine rings is 1. The van der Waals surface area contributed by atoms with Crippen molar-refractivity contribution < 1.29 is 0 Å². The van der Waals surface area contributed by atoms with E-state index in [0.717, 1.165) is 30.2 Å². The first kappa shape index (κ1) is 14.2. The number of rotatable bonds is 5. The molecule has 0 amide bonds. The van der Waals surface area contributed by atoms with E-state index in [1.54, 1.807) is 16.7 Å². The van der Waals surface area contributed by atoms with E-state index in [9.17, 15) is 4.79 Å². The number of hydrogen-bond donors (Lipinski definition) is 1. The van der Waals surface area contributed by atoms with Crippen LogP contribution in [0, 0.1) is 13.8 Å². The van der Waals surface area contributed by atoms with E-state index in [2.05, 4.69) is 22.2 Å². The van der Waals surface area contributed by atoms with E-state index < -0.39 is 0 Å². The average Bonchev–Trinajstić information content (AvgIpc) is 2.40. The fourth-order valence-electron chi connectivity index (χ4n) is 2.01. The lowest BCUT2D eigenvalue weighted by molar-refractivity contribution is 0.689. The van der Waals surface area contributed by atoms with Crippen molar-refractivity contribution in [1.29, 1.82) is 0 Å². The van der Waals surface area contributed by atoms with Crippen LogP contribution in [-0.2, 0) is 6.54 Å². The molecule has 0 unspecified atom stereocenters. The Balaban J connectivity index is 2.29. The summed E-state index contributed by atoms with van der Waals surface area (Å²) in [5, 5.41) is 3.25. The summed E-state index contributed by atoms with van der Waals surface area (Å²) in [6.45, 7) is 7.22. The second-order valence-electron chi connectivity index (χ2n) is 4.83. The molecule has 0 radical (unpaired) electrons. The van der Waals surface area contributed by atoms with E-state index >= 15 is 0 Å². The van der Waals surface area contributed by atoms with Gasteiger partial charge in [0.2, 0.25) is 0 Å². The summed E-state index contributed by atoms with van der Waals surface area (Å²) in [5.41, 5.74) is 1.78. The van der Waals surface area contributed by atoms with E-state index in [-0.39, 0.29) is 5.56 Å². The molecule has 0 aliphatic rings. The molecule has 0 aliphatic heterocycles. The average molecular weight is 272 g/mol. The van der Waals surface area contributed by atoms with E-state index in [1.807, 2.05) is 26.0 Å². The fourth-order valence-corrected chi connectivity index (χ4v) is 2.01. The van der Waals surface area contributed by atoms with Crippen LogP contribution in [0.3, 0.4) is 0 Å². The third kappa shape index (κ3) is 3.44. The summed E-state index contributed by atoms with van der Waals surface area (Å²) < 4.78 is 1.68. The first-order valence-electron chi connectivity index (χ1n) is 6.85. The van der Waals surface area contributed by atoms with Crippen molar-refractivity contribution in [3.05, 3.63) is 51.8 Å². The molecule has 1 N–H and O–H groups in total. The first-order chi connectivity index (χ1) is 9.60. The fraction of sp³-hybridized carbons (Fsp3) is 0.400. The molecule has 5 heteroatoms. The number of anilines is 1. The van der Waals surface area contributed by atoms with Crippen molar-refractivity contribution in [2.45, 2.75) is 33.7 Å². The molecule has 2 aromatic heterocycles. The zero-order valence-electron chi connectivity index (χ0n) is 12.2. The number of nitrogens with one attached hydrogen (secondary N) is 1. The van der Waals surface area contributed by atoms with Crippen LogP contribution in [-0.4, -0.2) is 21.1 Å². The summed E-state index contributed by atoms with van der Waals surface area (Å²) in [5.74, 6) is 1.47. The molecule has 2 rings (SSSR count). The van der Waals surface area contributed by atoms with Crippen LogP contribution in [0.1, 0.15) is 30.6 Å². The highest BCUT2D eigenvalue weighted by Gasteiger charge is 2.06. The summed E-state index contributed by atoms with van der Waals surface area (Å²) >= 11 is 0. The monoisotopic (exact) mass is 272 g/mol. The molecular formula is C15H20N4O. The van der Waals surface area contributed by atoms with Gasteiger partial charge in [-0.25, -0.2) is 9.97 Å². The van der Waals surface area contributed by atoms with Crippen molar-refractivity contribution in [3.63, 3.8) is 0 Å². The van der Waals surface area contributed by atoms with Gasteiger partial charge in [0, 0.05) is 30.1 Å². The van der Waals surface area contributed by atoms with Crippen LogP contribution in [0.15, 0.2) is 29.1 Å². The van der Waals surface area contributed by atoms with Crippen LogP contribution in [0.25, 0.3) is 0 Å². The zero-order valence-corrected chi connectivity index (χ0v) is 12.2. The van der Waals surface area contributed by atoms with Crippen LogP contribution in [0.4, 0.5) is 5.82 Å². The highest BCUT2D eigenvalue weighted by molar-refractivity contribution is 5.35. The highest BCUT2D eigenvalue weighted by atomic mass is 16.1. The number of hydrogen-bond acceptors (Lipinski definition) is 4. The Morgan fingerprint density at radius 1 is 1.25 bits per heavy atom. The Morgan fingerprint density at radius 3 is 2.75 bits per heavy atom. The van der Waals surface area contributed by atoms with Gasteiger partial charge in [0.25, 0.3) is 5.56 Å². The number of nitrogens with zero attached hydrogens (tertiary/aromatic N) is 3. The molecule has 0 saturated heterocycles. The van der Waals surface area contributed by atoms with Crippen LogP contribution in [0.2, 0.25) is 0 Å². The van der Waals surface area contributed by atoms with Crippen LogP contribution >= 0.6 is 0 Å². The first-order valence-corrected chi connectivity index (χ1v) is 6.85. The Bertz CT molecular complexity index is 649. The minimum atomic E-state index is -0.0295. The summed E-state index contributed by atoms with van der Waals surface area (Å²) in [7, 11) is 0. The Labute approximate surface area is 118 Å². The van der Waals surface area contributed by atoms with Crippen molar-refractivity contribution in [2.24, 2.45) is 0 Å². The van der Waals surface area contributed by atoms with Gasteiger partial charge < -0.3 is 9.88 Å². The van der Waals surface area contributed by atoms with Gasteiger partial charge in [-0.2, -0.15) is 0 Å². The third-order valence-corrected chi connectivity index (χ3v) is 3.02. The maximum Gasteiger partial charge on any atom is 0.251 e. The SMILES string of the molecule is CCCNc1cc(C)nc(Cn2c(C)cccc2=O)n1. The lowest BCUT2D eigenvalue weighted by Gasteiger charge is -2.11. The molecule has 2 aromatic rings. The summed E-state index contributed by atoms with van der Waals surface area (Å²) in [6.07, 6.45) is 1.04. The topological polar surface area (TPSA) is 59.8 Å². The van der Waals surface area contributed by atoms with Gasteiger partial charge in [-0.05, 0) is 26.3 Å². The minimum Gasteiger partial charge on any atom is -0.370 e. The van der Waals surface area contributed by atoms with E-state index in [4.69, 9.17) is 0 Å². The standard InChI is InChI=1S/C15H20N4O/c1-4-8-16-13-9-11(2)17-14(18-13)10-19-12(3)6-5-7-15(19)20/h5-7,9H,4,8,10H2,1-3H3,(H,16,17,18). The van der Waals surface area contributed by atoms with Gasteiger partial charge in [-0.1, -0.05) is 13.0 Å². The molecular weight excluding hydrogens is 252 g/mol. The lowest BCUT2D eigenvalue weighted by Crippen LogP contribution is -2.23. The molecule has 0 saturated carbocycles. The van der Waals surface area contributed by atoms with Gasteiger partial charge in [0.05, 0.1) is 6.54 Å². The molecule has 0 fully saturated rings. The van der Waals surface area contributed by atoms with Crippen molar-refractivity contribution in [3.8, 4) is 0 Å².